The number of nitrogens with one attached hydrogen (secondary N) is 1. The van der Waals surface area contributed by atoms with Crippen molar-refractivity contribution in [3.63, 3.8) is 0 Å². The van der Waals surface area contributed by atoms with E-state index in [2.05, 4.69) is 5.32 Å². The van der Waals surface area contributed by atoms with Gasteiger partial charge in [-0.3, -0.25) is 9.69 Å². The molecule has 25 heavy (non-hydrogen) atoms. The Morgan fingerprint density at radius 3 is 2.36 bits per heavy atom. The average molecular weight is 334 g/mol. The maximum absolute atomic E-state index is 13.3. The second-order valence-electron chi connectivity index (χ2n) is 5.80. The summed E-state index contributed by atoms with van der Waals surface area (Å²) in [6.07, 6.45) is -0.603. The van der Waals surface area contributed by atoms with Gasteiger partial charge in [0.05, 0.1) is 5.56 Å². The minimum atomic E-state index is -0.603. The van der Waals surface area contributed by atoms with Gasteiger partial charge in [0.15, 0.2) is 0 Å². The summed E-state index contributed by atoms with van der Waals surface area (Å²) in [5.41, 5.74) is 2.33. The van der Waals surface area contributed by atoms with Gasteiger partial charge in [-0.25, -0.2) is 4.39 Å². The van der Waals surface area contributed by atoms with Crippen LogP contribution in [0.3, 0.4) is 0 Å². The number of hydrogen-bond acceptors (Lipinski definition) is 3. The lowest BCUT2D eigenvalue weighted by Crippen LogP contribution is -2.43. The predicted molar refractivity (Wildman–Crippen MR) is 94.1 cm³/mol. The Morgan fingerprint density at radius 2 is 1.60 bits per heavy atom. The number of aromatic hydroxyl groups is 1. The number of phenolic OH excluding ortho intramolecular Hbond substituents is 1. The van der Waals surface area contributed by atoms with Crippen molar-refractivity contribution < 1.29 is 14.3 Å². The number of carbonyl (C=O) groups is 1. The number of carbonyl (C=O) groups excluding carboxylic acids is 1. The highest BCUT2D eigenvalue weighted by Crippen LogP contribution is 2.39. The van der Waals surface area contributed by atoms with Gasteiger partial charge in [-0.05, 0) is 42.5 Å². The van der Waals surface area contributed by atoms with Crippen molar-refractivity contribution in [3.05, 3.63) is 89.7 Å². The molecule has 0 aliphatic carbocycles. The number of phenols is 1. The molecule has 1 atom stereocenters. The van der Waals surface area contributed by atoms with Crippen LogP contribution in [0.2, 0.25) is 0 Å². The highest BCUT2D eigenvalue weighted by Gasteiger charge is 2.35. The SMILES string of the molecule is O=C1c2ccccc2N[C@@H](c2ccccc2O)N1c1ccc(F)cc1. The Balaban J connectivity index is 1.89. The molecule has 0 fully saturated rings. The fourth-order valence-electron chi connectivity index (χ4n) is 3.06. The van der Waals surface area contributed by atoms with Crippen LogP contribution < -0.4 is 10.2 Å². The summed E-state index contributed by atoms with van der Waals surface area (Å²) in [5, 5.41) is 13.6. The number of para-hydroxylation sites is 2. The van der Waals surface area contributed by atoms with Crippen molar-refractivity contribution in [1.29, 1.82) is 0 Å². The number of rotatable bonds is 2. The van der Waals surface area contributed by atoms with Crippen LogP contribution in [0.5, 0.6) is 5.75 Å². The number of benzene rings is 3. The summed E-state index contributed by atoms with van der Waals surface area (Å²) in [6.45, 7) is 0. The van der Waals surface area contributed by atoms with Crippen molar-refractivity contribution in [2.24, 2.45) is 0 Å². The zero-order valence-electron chi connectivity index (χ0n) is 13.2. The molecular weight excluding hydrogens is 319 g/mol. The number of hydrogen-bond donors (Lipinski definition) is 2. The van der Waals surface area contributed by atoms with Crippen molar-refractivity contribution in [3.8, 4) is 5.75 Å². The first-order valence-corrected chi connectivity index (χ1v) is 7.88. The molecule has 0 bridgehead atoms. The third-order valence-electron chi connectivity index (χ3n) is 4.26. The van der Waals surface area contributed by atoms with E-state index in [-0.39, 0.29) is 17.5 Å². The van der Waals surface area contributed by atoms with Gasteiger partial charge in [-0.1, -0.05) is 30.3 Å². The molecule has 4 rings (SSSR count). The molecule has 0 aromatic heterocycles. The second kappa shape index (κ2) is 5.94. The van der Waals surface area contributed by atoms with Crippen molar-refractivity contribution in [2.75, 3.05) is 10.2 Å². The van der Waals surface area contributed by atoms with Gasteiger partial charge < -0.3 is 10.4 Å². The topological polar surface area (TPSA) is 52.6 Å². The smallest absolute Gasteiger partial charge is 0.262 e. The molecule has 1 amide bonds. The number of anilines is 2. The Kier molecular flexibility index (Phi) is 3.61. The van der Waals surface area contributed by atoms with E-state index in [1.807, 2.05) is 12.1 Å². The molecule has 0 unspecified atom stereocenters. The van der Waals surface area contributed by atoms with Crippen LogP contribution in [-0.2, 0) is 0 Å². The normalized spacial score (nSPS) is 16.3. The molecule has 5 heteroatoms. The van der Waals surface area contributed by atoms with E-state index in [1.54, 1.807) is 48.5 Å². The van der Waals surface area contributed by atoms with Crippen LogP contribution in [0, 0.1) is 5.82 Å². The van der Waals surface area contributed by atoms with E-state index in [1.165, 1.54) is 17.0 Å². The van der Waals surface area contributed by atoms with Crippen molar-refractivity contribution >= 4 is 17.3 Å². The van der Waals surface area contributed by atoms with Crippen LogP contribution in [0.25, 0.3) is 0 Å². The van der Waals surface area contributed by atoms with Gasteiger partial charge in [0.25, 0.3) is 5.91 Å². The molecule has 0 saturated carbocycles. The molecular formula is C20H15FN2O2. The standard InChI is InChI=1S/C20H15FN2O2/c21-13-9-11-14(12-10-13)23-19(16-6-2-4-8-18(16)24)22-17-7-3-1-5-15(17)20(23)25/h1-12,19,22,24H/t19-/m1/s1. The first-order valence-electron chi connectivity index (χ1n) is 7.88. The fraction of sp³-hybridized carbons (Fsp3) is 0.0500. The first-order chi connectivity index (χ1) is 12.1. The van der Waals surface area contributed by atoms with E-state index in [9.17, 15) is 14.3 Å². The molecule has 124 valence electrons. The number of halogens is 1. The summed E-state index contributed by atoms with van der Waals surface area (Å²) < 4.78 is 13.3. The lowest BCUT2D eigenvalue weighted by atomic mass is 10.0. The highest BCUT2D eigenvalue weighted by molar-refractivity contribution is 6.12. The predicted octanol–water partition coefficient (Wildman–Crippen LogP) is 4.30. The maximum atomic E-state index is 13.3. The molecule has 3 aromatic carbocycles. The fourth-order valence-corrected chi connectivity index (χ4v) is 3.06. The van der Waals surface area contributed by atoms with Crippen molar-refractivity contribution in [1.82, 2.24) is 0 Å². The summed E-state index contributed by atoms with van der Waals surface area (Å²) in [7, 11) is 0. The quantitative estimate of drug-likeness (QED) is 0.734. The summed E-state index contributed by atoms with van der Waals surface area (Å²) in [5.74, 6) is -0.505. The largest absolute Gasteiger partial charge is 0.508 e. The Hall–Kier alpha value is -3.34. The van der Waals surface area contributed by atoms with E-state index in [4.69, 9.17) is 0 Å². The monoisotopic (exact) mass is 334 g/mol. The van der Waals surface area contributed by atoms with Gasteiger partial charge in [-0.2, -0.15) is 0 Å². The molecule has 4 nitrogen and oxygen atoms in total. The summed E-state index contributed by atoms with van der Waals surface area (Å²) in [6, 6.07) is 19.8. The molecule has 1 aliphatic rings. The van der Waals surface area contributed by atoms with Gasteiger partial charge in [-0.15, -0.1) is 0 Å². The van der Waals surface area contributed by atoms with E-state index in [0.717, 1.165) is 0 Å². The number of nitrogens with zero attached hydrogens (tertiary/aromatic N) is 1. The molecule has 0 radical (unpaired) electrons. The zero-order valence-corrected chi connectivity index (χ0v) is 13.2. The molecule has 2 N–H and O–H groups in total. The van der Waals surface area contributed by atoms with Crippen molar-refractivity contribution in [2.45, 2.75) is 6.17 Å². The van der Waals surface area contributed by atoms with Gasteiger partial charge in [0.2, 0.25) is 0 Å². The molecule has 0 spiro atoms. The Bertz CT molecular complexity index is 940. The van der Waals surface area contributed by atoms with Crippen LogP contribution in [0.4, 0.5) is 15.8 Å². The lowest BCUT2D eigenvalue weighted by Gasteiger charge is -2.38. The minimum absolute atomic E-state index is 0.0827. The Morgan fingerprint density at radius 1 is 0.920 bits per heavy atom. The van der Waals surface area contributed by atoms with Crippen LogP contribution in [0.1, 0.15) is 22.1 Å². The van der Waals surface area contributed by atoms with E-state index < -0.39 is 6.17 Å². The maximum Gasteiger partial charge on any atom is 0.262 e. The third kappa shape index (κ3) is 2.59. The van der Waals surface area contributed by atoms with Gasteiger partial charge in [0.1, 0.15) is 17.7 Å². The molecule has 1 aliphatic heterocycles. The molecule has 3 aromatic rings. The highest BCUT2D eigenvalue weighted by atomic mass is 19.1. The van der Waals surface area contributed by atoms with Crippen LogP contribution >= 0.6 is 0 Å². The van der Waals surface area contributed by atoms with Gasteiger partial charge in [0, 0.05) is 16.9 Å². The van der Waals surface area contributed by atoms with E-state index >= 15 is 0 Å². The van der Waals surface area contributed by atoms with Crippen LogP contribution in [0.15, 0.2) is 72.8 Å². The number of amides is 1. The average Bonchev–Trinajstić information content (AvgIpc) is 2.63. The first kappa shape index (κ1) is 15.2. The Labute approximate surface area is 144 Å². The third-order valence-corrected chi connectivity index (χ3v) is 4.26. The summed E-state index contributed by atoms with van der Waals surface area (Å²) >= 11 is 0. The van der Waals surface area contributed by atoms with Crippen LogP contribution in [-0.4, -0.2) is 11.0 Å². The van der Waals surface area contributed by atoms with Gasteiger partial charge >= 0.3 is 0 Å². The molecule has 0 saturated heterocycles. The summed E-state index contributed by atoms with van der Waals surface area (Å²) in [4.78, 5) is 14.6. The lowest BCUT2D eigenvalue weighted by molar-refractivity contribution is 0.0974. The second-order valence-corrected chi connectivity index (χ2v) is 5.80. The minimum Gasteiger partial charge on any atom is -0.508 e. The number of fused-ring (bicyclic) bond motifs is 1. The zero-order chi connectivity index (χ0) is 17.4. The van der Waals surface area contributed by atoms with E-state index in [0.29, 0.717) is 22.5 Å². The molecule has 1 heterocycles.